The molecule has 25 heavy (non-hydrogen) atoms. The van der Waals surface area contributed by atoms with Gasteiger partial charge in [0.05, 0.1) is 23.7 Å². The highest BCUT2D eigenvalue weighted by molar-refractivity contribution is 6.21. The molecule has 0 saturated heterocycles. The van der Waals surface area contributed by atoms with Crippen LogP contribution in [0.25, 0.3) is 0 Å². The number of nitrogens with zero attached hydrogens (tertiary/aromatic N) is 2. The quantitative estimate of drug-likeness (QED) is 0.391. The predicted molar refractivity (Wildman–Crippen MR) is 92.7 cm³/mol. The lowest BCUT2D eigenvalue weighted by Crippen LogP contribution is -2.55. The van der Waals surface area contributed by atoms with Crippen LogP contribution in [0, 0.1) is 5.92 Å². The predicted octanol–water partition coefficient (Wildman–Crippen LogP) is 2.42. The first kappa shape index (κ1) is 18.9. The Bertz CT molecular complexity index is 659. The smallest absolute Gasteiger partial charge is 0.424 e. The summed E-state index contributed by atoms with van der Waals surface area (Å²) in [5.41, 5.74) is 0.0536. The molecule has 7 heteroatoms. The fraction of sp³-hybridized carbons (Fsp3) is 0.500. The molecule has 3 amide bonds. The Morgan fingerprint density at radius 1 is 1.16 bits per heavy atom. The number of nitrogens with two attached hydrogens (primary N) is 1. The molecule has 0 saturated carbocycles. The van der Waals surface area contributed by atoms with Gasteiger partial charge in [-0.25, -0.2) is 15.6 Å². The summed E-state index contributed by atoms with van der Waals surface area (Å²) < 4.78 is 5.28. The van der Waals surface area contributed by atoms with Gasteiger partial charge < -0.3 is 4.74 Å². The third-order valence-electron chi connectivity index (χ3n) is 3.98. The number of carbonyl (C=O) groups excluding carboxylic acids is 3. The summed E-state index contributed by atoms with van der Waals surface area (Å²) in [6, 6.07) is 6.10. The molecule has 7 nitrogen and oxygen atoms in total. The van der Waals surface area contributed by atoms with E-state index in [2.05, 4.69) is 0 Å². The Morgan fingerprint density at radius 2 is 1.64 bits per heavy atom. The molecule has 0 spiro atoms. The number of rotatable bonds is 4. The average Bonchev–Trinajstić information content (AvgIpc) is 2.74. The molecule has 1 aromatic carbocycles. The second-order valence-electron chi connectivity index (χ2n) is 7.47. The van der Waals surface area contributed by atoms with Crippen LogP contribution in [0.15, 0.2) is 24.3 Å². The number of hydrazine groups is 1. The molecule has 0 fully saturated rings. The van der Waals surface area contributed by atoms with Gasteiger partial charge in [-0.1, -0.05) is 26.0 Å². The molecule has 0 aliphatic carbocycles. The second kappa shape index (κ2) is 6.84. The number of carbonyl (C=O) groups is 3. The van der Waals surface area contributed by atoms with Crippen molar-refractivity contribution in [2.45, 2.75) is 46.3 Å². The molecule has 0 radical (unpaired) electrons. The van der Waals surface area contributed by atoms with Crippen LogP contribution >= 0.6 is 0 Å². The first-order valence-corrected chi connectivity index (χ1v) is 8.25. The highest BCUT2D eigenvalue weighted by Gasteiger charge is 2.39. The maximum atomic E-state index is 12.5. The van der Waals surface area contributed by atoms with Crippen molar-refractivity contribution in [1.82, 2.24) is 9.91 Å². The van der Waals surface area contributed by atoms with Gasteiger partial charge in [-0.2, -0.15) is 0 Å². The lowest BCUT2D eigenvalue weighted by molar-refractivity contribution is 0.00598. The summed E-state index contributed by atoms with van der Waals surface area (Å²) in [5, 5.41) is 0.972. The SMILES string of the molecule is CC(C)C(CN1C(=O)c2ccccc2C1=O)N(N)C(=O)OC(C)(C)C. The van der Waals surface area contributed by atoms with Gasteiger partial charge in [0.25, 0.3) is 11.8 Å². The summed E-state index contributed by atoms with van der Waals surface area (Å²) in [6.07, 6.45) is -0.692. The van der Waals surface area contributed by atoms with E-state index in [9.17, 15) is 14.4 Å². The molecular formula is C18H25N3O4. The zero-order chi connectivity index (χ0) is 18.9. The Hall–Kier alpha value is -2.41. The van der Waals surface area contributed by atoms with Gasteiger partial charge >= 0.3 is 6.09 Å². The standard InChI is InChI=1S/C18H25N3O4/c1-11(2)14(21(19)17(24)25-18(3,4)5)10-20-15(22)12-8-6-7-9-13(12)16(20)23/h6-9,11,14H,10,19H2,1-5H3. The van der Waals surface area contributed by atoms with E-state index in [1.54, 1.807) is 45.0 Å². The molecule has 0 bridgehead atoms. The molecule has 1 aliphatic rings. The van der Waals surface area contributed by atoms with Gasteiger partial charge in [-0.15, -0.1) is 0 Å². The molecule has 136 valence electrons. The van der Waals surface area contributed by atoms with Gasteiger partial charge in [0.1, 0.15) is 5.60 Å². The van der Waals surface area contributed by atoms with E-state index in [0.29, 0.717) is 11.1 Å². The number of fused-ring (bicyclic) bond motifs is 1. The average molecular weight is 347 g/mol. The first-order valence-electron chi connectivity index (χ1n) is 8.25. The van der Waals surface area contributed by atoms with Crippen molar-refractivity contribution < 1.29 is 19.1 Å². The van der Waals surface area contributed by atoms with Gasteiger partial charge in [0.2, 0.25) is 0 Å². The Labute approximate surface area is 147 Å². The topological polar surface area (TPSA) is 92.9 Å². The third kappa shape index (κ3) is 3.99. The van der Waals surface area contributed by atoms with Crippen molar-refractivity contribution in [2.75, 3.05) is 6.54 Å². The fourth-order valence-electron chi connectivity index (χ4n) is 2.66. The van der Waals surface area contributed by atoms with Crippen molar-refractivity contribution in [3.8, 4) is 0 Å². The number of benzene rings is 1. The van der Waals surface area contributed by atoms with E-state index in [1.807, 2.05) is 13.8 Å². The highest BCUT2D eigenvalue weighted by atomic mass is 16.6. The molecule has 1 aromatic rings. The minimum absolute atomic E-state index is 0.0136. The van der Waals surface area contributed by atoms with E-state index >= 15 is 0 Å². The molecule has 2 N–H and O–H groups in total. The van der Waals surface area contributed by atoms with Crippen LogP contribution < -0.4 is 5.84 Å². The minimum Gasteiger partial charge on any atom is -0.443 e. The number of imide groups is 1. The summed E-state index contributed by atoms with van der Waals surface area (Å²) in [4.78, 5) is 38.4. The van der Waals surface area contributed by atoms with Crippen LogP contribution in [-0.4, -0.2) is 46.0 Å². The largest absolute Gasteiger partial charge is 0.443 e. The van der Waals surface area contributed by atoms with Gasteiger partial charge in [-0.3, -0.25) is 14.5 Å². The van der Waals surface area contributed by atoms with Gasteiger partial charge in [0, 0.05) is 0 Å². The number of hydrogen-bond donors (Lipinski definition) is 1. The second-order valence-corrected chi connectivity index (χ2v) is 7.47. The fourth-order valence-corrected chi connectivity index (χ4v) is 2.66. The lowest BCUT2D eigenvalue weighted by Gasteiger charge is -2.34. The lowest BCUT2D eigenvalue weighted by atomic mass is 10.0. The molecule has 0 aromatic heterocycles. The zero-order valence-corrected chi connectivity index (χ0v) is 15.3. The number of hydrogen-bond acceptors (Lipinski definition) is 5. The van der Waals surface area contributed by atoms with Gasteiger partial charge in [-0.05, 0) is 38.8 Å². The van der Waals surface area contributed by atoms with Crippen molar-refractivity contribution >= 4 is 17.9 Å². The van der Waals surface area contributed by atoms with E-state index in [1.165, 1.54) is 0 Å². The normalized spacial score (nSPS) is 15.4. The number of amides is 3. The van der Waals surface area contributed by atoms with Crippen LogP contribution in [0.3, 0.4) is 0 Å². The van der Waals surface area contributed by atoms with Crippen molar-refractivity contribution in [2.24, 2.45) is 11.8 Å². The molecule has 1 atom stereocenters. The summed E-state index contributed by atoms with van der Waals surface area (Å²) >= 11 is 0. The van der Waals surface area contributed by atoms with E-state index < -0.39 is 17.7 Å². The van der Waals surface area contributed by atoms with E-state index in [-0.39, 0.29) is 24.3 Å². The maximum Gasteiger partial charge on any atom is 0.424 e. The minimum atomic E-state index is -0.692. The Kier molecular flexibility index (Phi) is 5.17. The Morgan fingerprint density at radius 3 is 2.04 bits per heavy atom. The van der Waals surface area contributed by atoms with Crippen LogP contribution in [0.1, 0.15) is 55.3 Å². The summed E-state index contributed by atoms with van der Waals surface area (Å²) in [6.45, 7) is 8.98. The molecular weight excluding hydrogens is 322 g/mol. The van der Waals surface area contributed by atoms with Gasteiger partial charge in [0.15, 0.2) is 0 Å². The van der Waals surface area contributed by atoms with Crippen LogP contribution in [-0.2, 0) is 4.74 Å². The summed E-state index contributed by atoms with van der Waals surface area (Å²) in [7, 11) is 0. The molecule has 1 aliphatic heterocycles. The summed E-state index contributed by atoms with van der Waals surface area (Å²) in [5.74, 6) is 5.13. The number of ether oxygens (including phenoxy) is 1. The zero-order valence-electron chi connectivity index (χ0n) is 15.3. The monoisotopic (exact) mass is 347 g/mol. The van der Waals surface area contributed by atoms with E-state index in [0.717, 1.165) is 9.91 Å². The van der Waals surface area contributed by atoms with Crippen molar-refractivity contribution in [1.29, 1.82) is 0 Å². The molecule has 2 rings (SSSR count). The van der Waals surface area contributed by atoms with Crippen LogP contribution in [0.4, 0.5) is 4.79 Å². The molecule has 1 unspecified atom stereocenters. The van der Waals surface area contributed by atoms with Crippen LogP contribution in [0.5, 0.6) is 0 Å². The first-order chi connectivity index (χ1) is 11.5. The molecule has 1 heterocycles. The maximum absolute atomic E-state index is 12.5. The van der Waals surface area contributed by atoms with Crippen molar-refractivity contribution in [3.63, 3.8) is 0 Å². The highest BCUT2D eigenvalue weighted by Crippen LogP contribution is 2.24. The van der Waals surface area contributed by atoms with Crippen LogP contribution in [0.2, 0.25) is 0 Å². The van der Waals surface area contributed by atoms with Crippen molar-refractivity contribution in [3.05, 3.63) is 35.4 Å². The Balaban J connectivity index is 2.19. The van der Waals surface area contributed by atoms with E-state index in [4.69, 9.17) is 10.6 Å². The third-order valence-corrected chi connectivity index (χ3v) is 3.98.